The van der Waals surface area contributed by atoms with Crippen molar-refractivity contribution in [2.75, 3.05) is 0 Å². The molecule has 2 aromatic carbocycles. The standard InChI is InChI=1S/C16H13BrN2O/c17-12-5-3-6-14(9-12)20-16-15-7-2-1-4-11(15)8-13(10-18)19-16/h1-9H,10,18H2. The van der Waals surface area contributed by atoms with Crippen molar-refractivity contribution in [3.05, 3.63) is 64.8 Å². The molecule has 0 amide bonds. The number of nitrogens with zero attached hydrogens (tertiary/aromatic N) is 1. The van der Waals surface area contributed by atoms with E-state index in [1.807, 2.05) is 54.6 Å². The first kappa shape index (κ1) is 13.1. The molecule has 3 aromatic rings. The van der Waals surface area contributed by atoms with E-state index in [9.17, 15) is 0 Å². The maximum atomic E-state index is 5.92. The lowest BCUT2D eigenvalue weighted by molar-refractivity contribution is 0.467. The minimum absolute atomic E-state index is 0.389. The third kappa shape index (κ3) is 2.66. The zero-order chi connectivity index (χ0) is 13.9. The maximum absolute atomic E-state index is 5.92. The maximum Gasteiger partial charge on any atom is 0.227 e. The molecule has 3 nitrogen and oxygen atoms in total. The Labute approximate surface area is 125 Å². The number of rotatable bonds is 3. The molecule has 0 saturated heterocycles. The Morgan fingerprint density at radius 2 is 1.90 bits per heavy atom. The van der Waals surface area contributed by atoms with Crippen LogP contribution in [0.25, 0.3) is 10.8 Å². The van der Waals surface area contributed by atoms with Crippen molar-refractivity contribution in [2.45, 2.75) is 6.54 Å². The quantitative estimate of drug-likeness (QED) is 0.781. The van der Waals surface area contributed by atoms with Gasteiger partial charge in [0.2, 0.25) is 5.88 Å². The van der Waals surface area contributed by atoms with Crippen molar-refractivity contribution in [3.8, 4) is 11.6 Å². The number of hydrogen-bond donors (Lipinski definition) is 1. The topological polar surface area (TPSA) is 48.1 Å². The van der Waals surface area contributed by atoms with Gasteiger partial charge in [-0.05, 0) is 35.7 Å². The normalized spacial score (nSPS) is 10.7. The first-order valence-electron chi connectivity index (χ1n) is 6.28. The molecule has 0 aliphatic heterocycles. The van der Waals surface area contributed by atoms with Gasteiger partial charge < -0.3 is 10.5 Å². The summed E-state index contributed by atoms with van der Waals surface area (Å²) in [6.45, 7) is 0.389. The molecule has 0 atom stereocenters. The van der Waals surface area contributed by atoms with E-state index in [0.29, 0.717) is 12.4 Å². The molecule has 1 heterocycles. The first-order chi connectivity index (χ1) is 9.76. The van der Waals surface area contributed by atoms with Crippen molar-refractivity contribution >= 4 is 26.7 Å². The average Bonchev–Trinajstić information content (AvgIpc) is 2.47. The molecule has 0 aliphatic rings. The summed E-state index contributed by atoms with van der Waals surface area (Å²) in [5.74, 6) is 1.33. The molecule has 3 rings (SSSR count). The number of halogens is 1. The highest BCUT2D eigenvalue weighted by Gasteiger charge is 2.07. The zero-order valence-corrected chi connectivity index (χ0v) is 12.3. The van der Waals surface area contributed by atoms with Gasteiger partial charge in [0.25, 0.3) is 0 Å². The number of fused-ring (bicyclic) bond motifs is 1. The van der Waals surface area contributed by atoms with Crippen molar-refractivity contribution in [1.29, 1.82) is 0 Å². The summed E-state index contributed by atoms with van der Waals surface area (Å²) in [4.78, 5) is 4.48. The van der Waals surface area contributed by atoms with E-state index in [1.165, 1.54) is 0 Å². The molecule has 20 heavy (non-hydrogen) atoms. The fourth-order valence-electron chi connectivity index (χ4n) is 2.04. The van der Waals surface area contributed by atoms with Crippen LogP contribution in [0.5, 0.6) is 11.6 Å². The van der Waals surface area contributed by atoms with Gasteiger partial charge in [0.15, 0.2) is 0 Å². The fourth-order valence-corrected chi connectivity index (χ4v) is 2.42. The van der Waals surface area contributed by atoms with Crippen LogP contribution in [0.4, 0.5) is 0 Å². The van der Waals surface area contributed by atoms with Crippen LogP contribution in [0.3, 0.4) is 0 Å². The van der Waals surface area contributed by atoms with E-state index in [4.69, 9.17) is 10.5 Å². The molecule has 0 bridgehead atoms. The fraction of sp³-hybridized carbons (Fsp3) is 0.0625. The first-order valence-corrected chi connectivity index (χ1v) is 7.08. The van der Waals surface area contributed by atoms with Crippen molar-refractivity contribution in [2.24, 2.45) is 5.73 Å². The van der Waals surface area contributed by atoms with Crippen LogP contribution in [0.15, 0.2) is 59.1 Å². The van der Waals surface area contributed by atoms with Gasteiger partial charge in [-0.25, -0.2) is 4.98 Å². The SMILES string of the molecule is NCc1cc2ccccc2c(Oc2cccc(Br)c2)n1. The summed E-state index contributed by atoms with van der Waals surface area (Å²) < 4.78 is 6.89. The molecule has 100 valence electrons. The lowest BCUT2D eigenvalue weighted by Crippen LogP contribution is -2.01. The third-order valence-corrected chi connectivity index (χ3v) is 3.47. The Balaban J connectivity index is 2.10. The molecule has 0 fully saturated rings. The third-order valence-electron chi connectivity index (χ3n) is 2.98. The Hall–Kier alpha value is -1.91. The van der Waals surface area contributed by atoms with Crippen molar-refractivity contribution < 1.29 is 4.74 Å². The van der Waals surface area contributed by atoms with Crippen LogP contribution in [0, 0.1) is 0 Å². The smallest absolute Gasteiger partial charge is 0.227 e. The van der Waals surface area contributed by atoms with E-state index in [1.54, 1.807) is 0 Å². The Morgan fingerprint density at radius 1 is 1.05 bits per heavy atom. The van der Waals surface area contributed by atoms with E-state index in [2.05, 4.69) is 20.9 Å². The average molecular weight is 329 g/mol. The summed E-state index contributed by atoms with van der Waals surface area (Å²) >= 11 is 3.43. The van der Waals surface area contributed by atoms with Gasteiger partial charge >= 0.3 is 0 Å². The second kappa shape index (κ2) is 5.61. The molecule has 0 unspecified atom stereocenters. The molecular formula is C16H13BrN2O. The number of pyridine rings is 1. The highest BCUT2D eigenvalue weighted by Crippen LogP contribution is 2.29. The lowest BCUT2D eigenvalue weighted by atomic mass is 10.1. The van der Waals surface area contributed by atoms with Gasteiger partial charge in [-0.3, -0.25) is 0 Å². The van der Waals surface area contributed by atoms with E-state index >= 15 is 0 Å². The predicted molar refractivity (Wildman–Crippen MR) is 83.9 cm³/mol. The largest absolute Gasteiger partial charge is 0.438 e. The van der Waals surface area contributed by atoms with Crippen LogP contribution in [-0.2, 0) is 6.54 Å². The molecule has 0 aliphatic carbocycles. The lowest BCUT2D eigenvalue weighted by Gasteiger charge is -2.10. The van der Waals surface area contributed by atoms with E-state index < -0.39 is 0 Å². The molecule has 0 saturated carbocycles. The highest BCUT2D eigenvalue weighted by molar-refractivity contribution is 9.10. The number of ether oxygens (including phenoxy) is 1. The van der Waals surface area contributed by atoms with Gasteiger partial charge in [-0.15, -0.1) is 0 Å². The van der Waals surface area contributed by atoms with Crippen LogP contribution in [-0.4, -0.2) is 4.98 Å². The highest BCUT2D eigenvalue weighted by atomic mass is 79.9. The summed E-state index contributed by atoms with van der Waals surface area (Å²) in [7, 11) is 0. The molecular weight excluding hydrogens is 316 g/mol. The minimum Gasteiger partial charge on any atom is -0.438 e. The summed E-state index contributed by atoms with van der Waals surface area (Å²) in [5, 5.41) is 2.05. The van der Waals surface area contributed by atoms with Crippen LogP contribution in [0.2, 0.25) is 0 Å². The summed E-state index contributed by atoms with van der Waals surface area (Å²) in [5.41, 5.74) is 6.52. The monoisotopic (exact) mass is 328 g/mol. The minimum atomic E-state index is 0.389. The molecule has 1 aromatic heterocycles. The van der Waals surface area contributed by atoms with Crippen LogP contribution in [0.1, 0.15) is 5.69 Å². The molecule has 2 N–H and O–H groups in total. The van der Waals surface area contributed by atoms with Crippen LogP contribution < -0.4 is 10.5 Å². The van der Waals surface area contributed by atoms with Crippen molar-refractivity contribution in [1.82, 2.24) is 4.98 Å². The summed E-state index contributed by atoms with van der Waals surface area (Å²) in [6.07, 6.45) is 0. The number of nitrogens with two attached hydrogens (primary N) is 1. The van der Waals surface area contributed by atoms with Gasteiger partial charge in [0.05, 0.1) is 5.69 Å². The van der Waals surface area contributed by atoms with Crippen LogP contribution >= 0.6 is 15.9 Å². The zero-order valence-electron chi connectivity index (χ0n) is 10.7. The Morgan fingerprint density at radius 3 is 2.70 bits per heavy atom. The van der Waals surface area contributed by atoms with Gasteiger partial charge in [0.1, 0.15) is 5.75 Å². The van der Waals surface area contributed by atoms with E-state index in [0.717, 1.165) is 26.7 Å². The number of benzene rings is 2. The second-order valence-electron chi connectivity index (χ2n) is 4.40. The van der Waals surface area contributed by atoms with Gasteiger partial charge in [-0.2, -0.15) is 0 Å². The second-order valence-corrected chi connectivity index (χ2v) is 5.32. The molecule has 0 radical (unpaired) electrons. The Bertz CT molecular complexity index is 758. The van der Waals surface area contributed by atoms with Crippen molar-refractivity contribution in [3.63, 3.8) is 0 Å². The summed E-state index contributed by atoms with van der Waals surface area (Å²) in [6, 6.07) is 17.7. The molecule has 0 spiro atoms. The van der Waals surface area contributed by atoms with Gasteiger partial charge in [0, 0.05) is 16.4 Å². The number of hydrogen-bond acceptors (Lipinski definition) is 3. The number of aromatic nitrogens is 1. The molecule has 4 heteroatoms. The van der Waals surface area contributed by atoms with Gasteiger partial charge in [-0.1, -0.05) is 40.2 Å². The predicted octanol–water partition coefficient (Wildman–Crippen LogP) is 4.25. The Kier molecular flexibility index (Phi) is 3.67. The van der Waals surface area contributed by atoms with E-state index in [-0.39, 0.29) is 0 Å².